The van der Waals surface area contributed by atoms with Gasteiger partial charge >= 0.3 is 0 Å². The topological polar surface area (TPSA) is 38.7 Å². The molecule has 5 aromatic rings. The van der Waals surface area contributed by atoms with Crippen molar-refractivity contribution < 1.29 is 0 Å². The fourth-order valence-corrected chi connectivity index (χ4v) is 4.14. The van der Waals surface area contributed by atoms with Gasteiger partial charge in [0.25, 0.3) is 0 Å². The molecule has 0 aliphatic rings. The molecule has 0 bridgehead atoms. The molecule has 3 heterocycles. The van der Waals surface area contributed by atoms with E-state index in [0.717, 1.165) is 49.7 Å². The maximum atomic E-state index is 5.04. The second-order valence-electron chi connectivity index (χ2n) is 6.56. The van der Waals surface area contributed by atoms with Crippen LogP contribution < -0.4 is 0 Å². The lowest BCUT2D eigenvalue weighted by molar-refractivity contribution is 1.24. The maximum absolute atomic E-state index is 5.04. The minimum atomic E-state index is 0.883. The van der Waals surface area contributed by atoms with Crippen molar-refractivity contribution in [1.29, 1.82) is 0 Å². The Morgan fingerprint density at radius 1 is 0.857 bits per heavy atom. The Balaban J connectivity index is 1.83. The third-order valence-electron chi connectivity index (χ3n) is 4.64. The van der Waals surface area contributed by atoms with Crippen molar-refractivity contribution in [2.45, 2.75) is 6.92 Å². The SMILES string of the molecule is Cc1csc(-c2nccc3nc(-c4cc[c]cc4)c(-c4ccccc4)cc23)n1. The standard InChI is InChI=1S/C24H16N3S/c1-16-15-28-24(26-16)23-20-14-19(17-8-4-2-5-9-17)22(18-10-6-3-7-11-18)27-21(20)12-13-25-23/h2,4-15H,1H3. The molecular weight excluding hydrogens is 362 g/mol. The van der Waals surface area contributed by atoms with E-state index in [1.54, 1.807) is 11.3 Å². The number of fused-ring (bicyclic) bond motifs is 1. The van der Waals surface area contributed by atoms with E-state index >= 15 is 0 Å². The summed E-state index contributed by atoms with van der Waals surface area (Å²) in [5, 5.41) is 3.99. The Hall–Kier alpha value is -3.37. The van der Waals surface area contributed by atoms with Gasteiger partial charge in [0.1, 0.15) is 10.7 Å². The van der Waals surface area contributed by atoms with Gasteiger partial charge in [0, 0.05) is 33.8 Å². The van der Waals surface area contributed by atoms with E-state index in [-0.39, 0.29) is 0 Å². The van der Waals surface area contributed by atoms with Crippen LogP contribution in [0.3, 0.4) is 0 Å². The van der Waals surface area contributed by atoms with Crippen molar-refractivity contribution in [3.05, 3.63) is 90.1 Å². The zero-order valence-electron chi connectivity index (χ0n) is 15.3. The van der Waals surface area contributed by atoms with Gasteiger partial charge in [-0.1, -0.05) is 54.6 Å². The Morgan fingerprint density at radius 2 is 1.68 bits per heavy atom. The number of hydrogen-bond donors (Lipinski definition) is 0. The minimum absolute atomic E-state index is 0.883. The predicted octanol–water partition coefficient (Wildman–Crippen LogP) is 6.20. The summed E-state index contributed by atoms with van der Waals surface area (Å²) in [4.78, 5) is 14.3. The highest BCUT2D eigenvalue weighted by molar-refractivity contribution is 7.13. The molecule has 2 aromatic carbocycles. The van der Waals surface area contributed by atoms with Crippen LogP contribution in [-0.4, -0.2) is 15.0 Å². The van der Waals surface area contributed by atoms with Gasteiger partial charge in [-0.2, -0.15) is 0 Å². The van der Waals surface area contributed by atoms with Crippen molar-refractivity contribution >= 4 is 22.2 Å². The van der Waals surface area contributed by atoms with Gasteiger partial charge in [0.15, 0.2) is 0 Å². The van der Waals surface area contributed by atoms with E-state index in [1.165, 1.54) is 0 Å². The molecule has 0 aliphatic carbocycles. The highest BCUT2D eigenvalue weighted by atomic mass is 32.1. The smallest absolute Gasteiger partial charge is 0.142 e. The lowest BCUT2D eigenvalue weighted by atomic mass is 9.97. The zero-order chi connectivity index (χ0) is 18.9. The van der Waals surface area contributed by atoms with Gasteiger partial charge in [-0.15, -0.1) is 11.3 Å². The Kier molecular flexibility index (Phi) is 4.18. The third kappa shape index (κ3) is 2.98. The summed E-state index contributed by atoms with van der Waals surface area (Å²) in [6.45, 7) is 2.00. The summed E-state index contributed by atoms with van der Waals surface area (Å²) in [5.41, 5.74) is 7.05. The largest absolute Gasteiger partial charge is 0.253 e. The fourth-order valence-electron chi connectivity index (χ4n) is 3.33. The average molecular weight is 378 g/mol. The predicted molar refractivity (Wildman–Crippen MR) is 115 cm³/mol. The first-order chi connectivity index (χ1) is 13.8. The number of aryl methyl sites for hydroxylation is 1. The molecule has 4 heteroatoms. The van der Waals surface area contributed by atoms with E-state index in [1.807, 2.05) is 49.5 Å². The van der Waals surface area contributed by atoms with E-state index in [9.17, 15) is 0 Å². The molecular formula is C24H16N3S. The molecule has 0 atom stereocenters. The van der Waals surface area contributed by atoms with Crippen molar-refractivity contribution in [2.24, 2.45) is 0 Å². The molecule has 0 fully saturated rings. The molecule has 28 heavy (non-hydrogen) atoms. The molecule has 5 rings (SSSR count). The third-order valence-corrected chi connectivity index (χ3v) is 5.61. The summed E-state index contributed by atoms with van der Waals surface area (Å²) in [7, 11) is 0. The van der Waals surface area contributed by atoms with Crippen LogP contribution in [0.4, 0.5) is 0 Å². The zero-order valence-corrected chi connectivity index (χ0v) is 16.1. The summed E-state index contributed by atoms with van der Waals surface area (Å²) >= 11 is 1.61. The van der Waals surface area contributed by atoms with E-state index in [0.29, 0.717) is 0 Å². The van der Waals surface area contributed by atoms with Crippen LogP contribution in [0.2, 0.25) is 0 Å². The number of nitrogens with zero attached hydrogens (tertiary/aromatic N) is 3. The number of aromatic nitrogens is 3. The van der Waals surface area contributed by atoms with Gasteiger partial charge in [-0.25, -0.2) is 9.97 Å². The van der Waals surface area contributed by atoms with E-state index in [4.69, 9.17) is 4.98 Å². The van der Waals surface area contributed by atoms with Gasteiger partial charge in [0.05, 0.1) is 11.2 Å². The molecule has 0 N–H and O–H groups in total. The quantitative estimate of drug-likeness (QED) is 0.375. The first-order valence-corrected chi connectivity index (χ1v) is 9.92. The fraction of sp³-hybridized carbons (Fsp3) is 0.0417. The summed E-state index contributed by atoms with van der Waals surface area (Å²) < 4.78 is 0. The first kappa shape index (κ1) is 16.8. The van der Waals surface area contributed by atoms with Crippen molar-refractivity contribution in [1.82, 2.24) is 15.0 Å². The Labute approximate surface area is 167 Å². The molecule has 0 aliphatic heterocycles. The molecule has 133 valence electrons. The molecule has 3 aromatic heterocycles. The van der Waals surface area contributed by atoms with E-state index < -0.39 is 0 Å². The number of thiazole rings is 1. The van der Waals surface area contributed by atoms with Gasteiger partial charge in [-0.05, 0) is 30.7 Å². The van der Waals surface area contributed by atoms with Gasteiger partial charge in [-0.3, -0.25) is 4.98 Å². The normalized spacial score (nSPS) is 11.0. The van der Waals surface area contributed by atoms with Gasteiger partial charge in [0.2, 0.25) is 0 Å². The molecule has 1 radical (unpaired) electrons. The van der Waals surface area contributed by atoms with Crippen LogP contribution in [0.25, 0.3) is 44.0 Å². The Morgan fingerprint density at radius 3 is 2.43 bits per heavy atom. The molecule has 0 amide bonds. The van der Waals surface area contributed by atoms with Crippen molar-refractivity contribution in [3.63, 3.8) is 0 Å². The molecule has 0 saturated heterocycles. The van der Waals surface area contributed by atoms with Crippen LogP contribution in [0, 0.1) is 13.0 Å². The van der Waals surface area contributed by atoms with Crippen molar-refractivity contribution in [2.75, 3.05) is 0 Å². The number of rotatable bonds is 3. The first-order valence-electron chi connectivity index (χ1n) is 9.04. The molecule has 3 nitrogen and oxygen atoms in total. The van der Waals surface area contributed by atoms with Crippen LogP contribution in [0.15, 0.2) is 78.3 Å². The lowest BCUT2D eigenvalue weighted by Gasteiger charge is -2.12. The summed E-state index contributed by atoms with van der Waals surface area (Å²) in [5.74, 6) is 0. The average Bonchev–Trinajstić information content (AvgIpc) is 3.19. The van der Waals surface area contributed by atoms with Gasteiger partial charge < -0.3 is 0 Å². The molecule has 0 saturated carbocycles. The maximum Gasteiger partial charge on any atom is 0.142 e. The second kappa shape index (κ2) is 6.98. The van der Waals surface area contributed by atoms with Crippen LogP contribution >= 0.6 is 11.3 Å². The number of hydrogen-bond acceptors (Lipinski definition) is 4. The highest BCUT2D eigenvalue weighted by Gasteiger charge is 2.15. The second-order valence-corrected chi connectivity index (χ2v) is 7.42. The van der Waals surface area contributed by atoms with Crippen LogP contribution in [0.1, 0.15) is 5.69 Å². The van der Waals surface area contributed by atoms with Crippen LogP contribution in [-0.2, 0) is 0 Å². The Bertz CT molecular complexity index is 1260. The van der Waals surface area contributed by atoms with Crippen LogP contribution in [0.5, 0.6) is 0 Å². The molecule has 0 unspecified atom stereocenters. The lowest BCUT2D eigenvalue weighted by Crippen LogP contribution is -1.94. The van der Waals surface area contributed by atoms with E-state index in [2.05, 4.69) is 51.7 Å². The highest BCUT2D eigenvalue weighted by Crippen LogP contribution is 2.36. The molecule has 0 spiro atoms. The number of benzene rings is 2. The van der Waals surface area contributed by atoms with Crippen molar-refractivity contribution in [3.8, 4) is 33.1 Å². The number of pyridine rings is 2. The minimum Gasteiger partial charge on any atom is -0.253 e. The summed E-state index contributed by atoms with van der Waals surface area (Å²) in [6, 6.07) is 25.6. The summed E-state index contributed by atoms with van der Waals surface area (Å²) in [6.07, 6.45) is 1.81. The monoisotopic (exact) mass is 378 g/mol.